The normalized spacial score (nSPS) is 17.8. The van der Waals surface area contributed by atoms with Crippen LogP contribution < -0.4 is 5.32 Å². The van der Waals surface area contributed by atoms with Crippen molar-refractivity contribution < 1.29 is 19.4 Å². The molecule has 0 aromatic rings. The summed E-state index contributed by atoms with van der Waals surface area (Å²) in [6.45, 7) is 2.35. The van der Waals surface area contributed by atoms with Crippen molar-refractivity contribution in [3.63, 3.8) is 0 Å². The van der Waals surface area contributed by atoms with Crippen molar-refractivity contribution in [2.24, 2.45) is 0 Å². The molecule has 0 aromatic carbocycles. The molecule has 0 aliphatic heterocycles. The molecular formula is C12H21NO4. The van der Waals surface area contributed by atoms with Gasteiger partial charge in [-0.05, 0) is 19.8 Å². The number of rotatable bonds is 6. The lowest BCUT2D eigenvalue weighted by Crippen LogP contribution is -2.40. The van der Waals surface area contributed by atoms with E-state index in [-0.39, 0.29) is 31.3 Å². The lowest BCUT2D eigenvalue weighted by Gasteiger charge is -2.22. The molecule has 98 valence electrons. The average Bonchev–Trinajstić information content (AvgIpc) is 2.72. The summed E-state index contributed by atoms with van der Waals surface area (Å²) in [4.78, 5) is 22.4. The molecule has 0 saturated heterocycles. The molecule has 1 aliphatic carbocycles. The Morgan fingerprint density at radius 2 is 1.94 bits per heavy atom. The minimum absolute atomic E-state index is 0.0953. The van der Waals surface area contributed by atoms with Crippen molar-refractivity contribution in [3.05, 3.63) is 0 Å². The number of nitrogens with one attached hydrogen (secondary N) is 1. The van der Waals surface area contributed by atoms with E-state index in [1.165, 1.54) is 0 Å². The Kier molecular flexibility index (Phi) is 5.41. The zero-order chi connectivity index (χ0) is 12.7. The highest BCUT2D eigenvalue weighted by Crippen LogP contribution is 2.28. The zero-order valence-electron chi connectivity index (χ0n) is 10.3. The number of hydrogen-bond acceptors (Lipinski definition) is 4. The first-order chi connectivity index (χ1) is 8.06. The van der Waals surface area contributed by atoms with Crippen molar-refractivity contribution in [1.29, 1.82) is 0 Å². The predicted octanol–water partition coefficient (Wildman–Crippen LogP) is 0.751. The third-order valence-electron chi connectivity index (χ3n) is 3.01. The number of carbonyl (C=O) groups is 2. The van der Waals surface area contributed by atoms with Crippen LogP contribution in [-0.4, -0.2) is 35.7 Å². The number of amides is 1. The summed E-state index contributed by atoms with van der Waals surface area (Å²) in [6.07, 6.45) is 3.72. The molecule has 1 fully saturated rings. The van der Waals surface area contributed by atoms with Gasteiger partial charge in [-0.15, -0.1) is 0 Å². The van der Waals surface area contributed by atoms with E-state index >= 15 is 0 Å². The highest BCUT2D eigenvalue weighted by atomic mass is 16.5. The van der Waals surface area contributed by atoms with Crippen LogP contribution in [0.25, 0.3) is 0 Å². The first-order valence-electron chi connectivity index (χ1n) is 6.20. The molecule has 1 amide bonds. The molecule has 2 N–H and O–H groups in total. The predicted molar refractivity (Wildman–Crippen MR) is 62.3 cm³/mol. The minimum atomic E-state index is -0.737. The Morgan fingerprint density at radius 1 is 1.29 bits per heavy atom. The topological polar surface area (TPSA) is 75.6 Å². The molecule has 0 spiro atoms. The third-order valence-corrected chi connectivity index (χ3v) is 3.01. The molecule has 1 rings (SSSR count). The molecule has 0 bridgehead atoms. The molecule has 5 heteroatoms. The van der Waals surface area contributed by atoms with Gasteiger partial charge < -0.3 is 15.2 Å². The fraction of sp³-hybridized carbons (Fsp3) is 0.833. The maximum atomic E-state index is 11.4. The second-order valence-electron chi connectivity index (χ2n) is 4.51. The van der Waals surface area contributed by atoms with Crippen molar-refractivity contribution in [2.45, 2.75) is 51.0 Å². The Balaban J connectivity index is 2.14. The van der Waals surface area contributed by atoms with Crippen LogP contribution in [-0.2, 0) is 14.3 Å². The van der Waals surface area contributed by atoms with E-state index in [1.54, 1.807) is 6.92 Å². The summed E-state index contributed by atoms with van der Waals surface area (Å²) in [5, 5.41) is 12.7. The molecule has 0 atom stereocenters. The fourth-order valence-electron chi connectivity index (χ4n) is 2.01. The number of carbonyl (C=O) groups excluding carboxylic acids is 2. The molecule has 0 unspecified atom stereocenters. The van der Waals surface area contributed by atoms with Gasteiger partial charge >= 0.3 is 5.97 Å². The molecule has 17 heavy (non-hydrogen) atoms. The highest BCUT2D eigenvalue weighted by Gasteiger charge is 2.31. The Labute approximate surface area is 102 Å². The van der Waals surface area contributed by atoms with Gasteiger partial charge in [0, 0.05) is 13.0 Å². The standard InChI is InChI=1S/C12H21NO4/c1-2-17-11(15)6-5-10(14)13-9-12(16)7-3-4-8-12/h16H,2-9H2,1H3,(H,13,14). The summed E-state index contributed by atoms with van der Waals surface area (Å²) in [6, 6.07) is 0. The van der Waals surface area contributed by atoms with E-state index in [9.17, 15) is 14.7 Å². The molecular weight excluding hydrogens is 222 g/mol. The first kappa shape index (κ1) is 14.0. The molecule has 0 radical (unpaired) electrons. The van der Waals surface area contributed by atoms with Crippen LogP contribution in [0.15, 0.2) is 0 Å². The molecule has 0 heterocycles. The number of hydrogen-bond donors (Lipinski definition) is 2. The van der Waals surface area contributed by atoms with E-state index < -0.39 is 5.60 Å². The van der Waals surface area contributed by atoms with Crippen LogP contribution in [0.3, 0.4) is 0 Å². The lowest BCUT2D eigenvalue weighted by atomic mass is 10.0. The Morgan fingerprint density at radius 3 is 2.53 bits per heavy atom. The van der Waals surface area contributed by atoms with E-state index in [4.69, 9.17) is 4.74 Å². The van der Waals surface area contributed by atoms with E-state index in [1.807, 2.05) is 0 Å². The van der Waals surface area contributed by atoms with Crippen LogP contribution in [0.5, 0.6) is 0 Å². The minimum Gasteiger partial charge on any atom is -0.466 e. The second-order valence-corrected chi connectivity index (χ2v) is 4.51. The Hall–Kier alpha value is -1.10. The van der Waals surface area contributed by atoms with Crippen LogP contribution in [0.4, 0.5) is 0 Å². The second kappa shape index (κ2) is 6.59. The monoisotopic (exact) mass is 243 g/mol. The fourth-order valence-corrected chi connectivity index (χ4v) is 2.01. The molecule has 0 aromatic heterocycles. The van der Waals surface area contributed by atoms with Crippen LogP contribution in [0.1, 0.15) is 45.4 Å². The van der Waals surface area contributed by atoms with Crippen molar-refractivity contribution >= 4 is 11.9 Å². The quantitative estimate of drug-likeness (QED) is 0.675. The van der Waals surface area contributed by atoms with Crippen LogP contribution in [0, 0.1) is 0 Å². The van der Waals surface area contributed by atoms with E-state index in [2.05, 4.69) is 5.32 Å². The molecule has 5 nitrogen and oxygen atoms in total. The third kappa shape index (κ3) is 5.17. The number of ether oxygens (including phenoxy) is 1. The van der Waals surface area contributed by atoms with Gasteiger partial charge in [-0.3, -0.25) is 9.59 Å². The van der Waals surface area contributed by atoms with Gasteiger partial charge in [0.15, 0.2) is 0 Å². The van der Waals surface area contributed by atoms with Crippen LogP contribution in [0.2, 0.25) is 0 Å². The maximum Gasteiger partial charge on any atom is 0.306 e. The Bertz CT molecular complexity index is 272. The summed E-state index contributed by atoms with van der Waals surface area (Å²) in [5.74, 6) is -0.569. The number of esters is 1. The summed E-state index contributed by atoms with van der Waals surface area (Å²) >= 11 is 0. The zero-order valence-corrected chi connectivity index (χ0v) is 10.3. The largest absolute Gasteiger partial charge is 0.466 e. The van der Waals surface area contributed by atoms with Gasteiger partial charge in [0.2, 0.25) is 5.91 Å². The summed E-state index contributed by atoms with van der Waals surface area (Å²) in [7, 11) is 0. The van der Waals surface area contributed by atoms with Gasteiger partial charge in [-0.2, -0.15) is 0 Å². The lowest BCUT2D eigenvalue weighted by molar-refractivity contribution is -0.144. The van der Waals surface area contributed by atoms with E-state index in [0.717, 1.165) is 25.7 Å². The smallest absolute Gasteiger partial charge is 0.306 e. The number of aliphatic hydroxyl groups is 1. The van der Waals surface area contributed by atoms with Crippen molar-refractivity contribution in [3.8, 4) is 0 Å². The van der Waals surface area contributed by atoms with Gasteiger partial charge in [0.25, 0.3) is 0 Å². The average molecular weight is 243 g/mol. The van der Waals surface area contributed by atoms with Gasteiger partial charge in [-0.1, -0.05) is 12.8 Å². The summed E-state index contributed by atoms with van der Waals surface area (Å²) < 4.78 is 4.72. The van der Waals surface area contributed by atoms with Gasteiger partial charge in [0.1, 0.15) is 0 Å². The maximum absolute atomic E-state index is 11.4. The molecule has 1 aliphatic rings. The van der Waals surface area contributed by atoms with Crippen LogP contribution >= 0.6 is 0 Å². The van der Waals surface area contributed by atoms with Crippen molar-refractivity contribution in [2.75, 3.05) is 13.2 Å². The first-order valence-corrected chi connectivity index (χ1v) is 6.20. The van der Waals surface area contributed by atoms with Gasteiger partial charge in [-0.25, -0.2) is 0 Å². The SMILES string of the molecule is CCOC(=O)CCC(=O)NCC1(O)CCCC1. The van der Waals surface area contributed by atoms with Crippen molar-refractivity contribution in [1.82, 2.24) is 5.32 Å². The molecule has 1 saturated carbocycles. The summed E-state index contributed by atoms with van der Waals surface area (Å²) in [5.41, 5.74) is -0.737. The van der Waals surface area contributed by atoms with E-state index in [0.29, 0.717) is 6.61 Å². The van der Waals surface area contributed by atoms with Gasteiger partial charge in [0.05, 0.1) is 18.6 Å². The highest BCUT2D eigenvalue weighted by molar-refractivity contribution is 5.81.